The Balaban J connectivity index is 1.44. The molecule has 0 spiro atoms. The Labute approximate surface area is 217 Å². The minimum atomic E-state index is -2.87. The van der Waals surface area contributed by atoms with Crippen LogP contribution < -0.4 is 20.5 Å². The Morgan fingerprint density at radius 1 is 1.18 bits per heavy atom. The molecule has 38 heavy (non-hydrogen) atoms. The van der Waals surface area contributed by atoms with Crippen molar-refractivity contribution in [2.24, 2.45) is 5.73 Å². The largest absolute Gasteiger partial charge is 0.497 e. The van der Waals surface area contributed by atoms with Crippen LogP contribution >= 0.6 is 11.3 Å². The number of ether oxygens (including phenoxy) is 2. The van der Waals surface area contributed by atoms with Gasteiger partial charge in [0.15, 0.2) is 12.4 Å². The van der Waals surface area contributed by atoms with E-state index in [2.05, 4.69) is 15.4 Å². The van der Waals surface area contributed by atoms with Gasteiger partial charge in [-0.15, -0.1) is 11.3 Å². The topological polar surface area (TPSA) is 134 Å². The van der Waals surface area contributed by atoms with E-state index in [4.69, 9.17) is 19.6 Å². The third kappa shape index (κ3) is 4.91. The monoisotopic (exact) mass is 539 g/mol. The number of benzene rings is 1. The first-order valence-corrected chi connectivity index (χ1v) is 11.9. The smallest absolute Gasteiger partial charge is 0.280 e. The summed E-state index contributed by atoms with van der Waals surface area (Å²) in [4.78, 5) is 29.4. The van der Waals surface area contributed by atoms with Crippen molar-refractivity contribution in [3.63, 3.8) is 0 Å². The number of methoxy groups -OCH3 is 1. The summed E-state index contributed by atoms with van der Waals surface area (Å²) in [5.74, 6) is -0.000184. The zero-order valence-electron chi connectivity index (χ0n) is 19.7. The van der Waals surface area contributed by atoms with Gasteiger partial charge in [0.25, 0.3) is 18.2 Å². The van der Waals surface area contributed by atoms with Crippen LogP contribution in [0.1, 0.15) is 32.3 Å². The van der Waals surface area contributed by atoms with Gasteiger partial charge in [-0.2, -0.15) is 5.10 Å². The maximum absolute atomic E-state index is 13.5. The van der Waals surface area contributed by atoms with Crippen LogP contribution in [0.5, 0.6) is 11.5 Å². The maximum atomic E-state index is 13.5. The number of halogens is 2. The number of aromatic nitrogens is 3. The summed E-state index contributed by atoms with van der Waals surface area (Å²) in [6, 6.07) is 12.7. The summed E-state index contributed by atoms with van der Waals surface area (Å²) >= 11 is 0.796. The lowest BCUT2D eigenvalue weighted by molar-refractivity contribution is 0.100. The first-order chi connectivity index (χ1) is 18.3. The Hall–Kier alpha value is -4.78. The number of nitrogens with one attached hydrogen (secondary N) is 1. The number of fused-ring (bicyclic) bond motifs is 1. The van der Waals surface area contributed by atoms with Crippen molar-refractivity contribution >= 4 is 39.1 Å². The van der Waals surface area contributed by atoms with E-state index in [0.29, 0.717) is 11.5 Å². The zero-order chi connectivity index (χ0) is 26.8. The van der Waals surface area contributed by atoms with Gasteiger partial charge >= 0.3 is 0 Å². The van der Waals surface area contributed by atoms with E-state index in [0.717, 1.165) is 17.4 Å². The van der Waals surface area contributed by atoms with Crippen molar-refractivity contribution < 1.29 is 32.3 Å². The summed E-state index contributed by atoms with van der Waals surface area (Å²) in [5, 5.41) is 7.11. The Kier molecular flexibility index (Phi) is 6.75. The minimum absolute atomic E-state index is 0.0230. The summed E-state index contributed by atoms with van der Waals surface area (Å²) in [6.45, 7) is 0.0243. The average molecular weight is 540 g/mol. The van der Waals surface area contributed by atoms with E-state index in [1.807, 2.05) is 0 Å². The van der Waals surface area contributed by atoms with Crippen LogP contribution in [-0.4, -0.2) is 33.7 Å². The molecule has 0 saturated carbocycles. The maximum Gasteiger partial charge on any atom is 0.280 e. The second kappa shape index (κ2) is 10.3. The van der Waals surface area contributed by atoms with Crippen molar-refractivity contribution in [1.29, 1.82) is 0 Å². The van der Waals surface area contributed by atoms with Crippen molar-refractivity contribution in [2.45, 2.75) is 13.2 Å². The Morgan fingerprint density at radius 3 is 2.61 bits per heavy atom. The highest BCUT2D eigenvalue weighted by Gasteiger charge is 2.26. The second-order valence-corrected chi connectivity index (χ2v) is 8.87. The van der Waals surface area contributed by atoms with Crippen molar-refractivity contribution in [3.05, 3.63) is 77.3 Å². The number of amides is 2. The van der Waals surface area contributed by atoms with Crippen LogP contribution in [0.2, 0.25) is 0 Å². The number of alkyl halides is 2. The number of rotatable bonds is 9. The van der Waals surface area contributed by atoms with Crippen LogP contribution in [-0.2, 0) is 6.73 Å². The molecule has 4 heterocycles. The lowest BCUT2D eigenvalue weighted by atomic mass is 10.1. The molecule has 5 aromatic rings. The highest BCUT2D eigenvalue weighted by molar-refractivity contribution is 7.21. The summed E-state index contributed by atoms with van der Waals surface area (Å²) < 4.78 is 44.7. The van der Waals surface area contributed by atoms with E-state index >= 15 is 0 Å². The number of hydrogen-bond donors (Lipinski definition) is 2. The molecule has 13 heteroatoms. The van der Waals surface area contributed by atoms with E-state index in [9.17, 15) is 18.4 Å². The fraction of sp³-hybridized carbons (Fsp3) is 0.120. The molecule has 194 valence electrons. The van der Waals surface area contributed by atoms with Gasteiger partial charge in [0.05, 0.1) is 19.1 Å². The molecule has 0 unspecified atom stereocenters. The number of carbonyl (C=O) groups excluding carboxylic acids is 2. The molecule has 0 radical (unpaired) electrons. The van der Waals surface area contributed by atoms with Crippen LogP contribution in [0, 0.1) is 0 Å². The molecule has 10 nitrogen and oxygen atoms in total. The lowest BCUT2D eigenvalue weighted by Gasteiger charge is -2.09. The number of hydrogen-bond acceptors (Lipinski definition) is 8. The molecular weight excluding hydrogens is 520 g/mol. The van der Waals surface area contributed by atoms with Gasteiger partial charge in [0, 0.05) is 17.1 Å². The quantitative estimate of drug-likeness (QED) is 0.267. The van der Waals surface area contributed by atoms with Crippen LogP contribution in [0.4, 0.5) is 14.5 Å². The first-order valence-electron chi connectivity index (χ1n) is 11.0. The molecule has 0 aliphatic heterocycles. The molecule has 0 aliphatic carbocycles. The molecule has 0 fully saturated rings. The third-order valence-corrected chi connectivity index (χ3v) is 6.55. The molecule has 5 rings (SSSR count). The number of thiophene rings is 1. The number of anilines is 1. The highest BCUT2D eigenvalue weighted by atomic mass is 32.1. The fourth-order valence-corrected chi connectivity index (χ4v) is 4.71. The number of furan rings is 1. The second-order valence-electron chi connectivity index (χ2n) is 7.87. The predicted molar refractivity (Wildman–Crippen MR) is 135 cm³/mol. The minimum Gasteiger partial charge on any atom is -0.497 e. The van der Waals surface area contributed by atoms with Crippen LogP contribution in [0.15, 0.2) is 65.4 Å². The average Bonchev–Trinajstić information content (AvgIpc) is 3.68. The van der Waals surface area contributed by atoms with Crippen molar-refractivity contribution in [1.82, 2.24) is 14.8 Å². The standard InChI is InChI=1S/C25H19F2N5O5S/c1-35-13-4-6-14(7-5-13)37-12-32-9-8-16(31-32)24(34)30-20-19-15(18-3-2-10-36-18)11-17(22(26)27)29-25(19)38-21(20)23(28)33/h2-11,22H,12H2,1H3,(H2,28,33)(H,30,34). The van der Waals surface area contributed by atoms with Crippen molar-refractivity contribution in [2.75, 3.05) is 12.4 Å². The van der Waals surface area contributed by atoms with E-state index < -0.39 is 23.9 Å². The zero-order valence-corrected chi connectivity index (χ0v) is 20.5. The number of primary amides is 1. The van der Waals surface area contributed by atoms with E-state index in [-0.39, 0.29) is 44.5 Å². The molecule has 0 aliphatic rings. The van der Waals surface area contributed by atoms with Gasteiger partial charge in [-0.05, 0) is 48.5 Å². The van der Waals surface area contributed by atoms with Crippen LogP contribution in [0.3, 0.4) is 0 Å². The van der Waals surface area contributed by atoms with E-state index in [1.165, 1.54) is 17.0 Å². The number of carbonyl (C=O) groups is 2. The number of nitrogens with zero attached hydrogens (tertiary/aromatic N) is 3. The van der Waals surface area contributed by atoms with E-state index in [1.54, 1.807) is 49.7 Å². The number of pyridine rings is 1. The summed E-state index contributed by atoms with van der Waals surface area (Å²) in [5.41, 5.74) is 5.33. The SMILES string of the molecule is COc1ccc(OCn2ccc(C(=O)Nc3c(C(N)=O)sc4nc(C(F)F)cc(-c5ccco5)c34)n2)cc1. The van der Waals surface area contributed by atoms with Crippen molar-refractivity contribution in [3.8, 4) is 22.8 Å². The van der Waals surface area contributed by atoms with Gasteiger partial charge in [-0.25, -0.2) is 18.4 Å². The number of nitrogens with two attached hydrogens (primary N) is 1. The van der Waals surface area contributed by atoms with Gasteiger partial charge < -0.3 is 24.9 Å². The molecule has 0 saturated heterocycles. The molecular formula is C25H19F2N5O5S. The normalized spacial score (nSPS) is 11.2. The Morgan fingerprint density at radius 2 is 1.95 bits per heavy atom. The predicted octanol–water partition coefficient (Wildman–Crippen LogP) is 5.09. The molecule has 4 aromatic heterocycles. The molecule has 3 N–H and O–H groups in total. The third-order valence-electron chi connectivity index (χ3n) is 5.45. The van der Waals surface area contributed by atoms with Gasteiger partial charge in [0.2, 0.25) is 0 Å². The molecule has 1 aromatic carbocycles. The fourth-order valence-electron chi connectivity index (χ4n) is 3.69. The molecule has 0 bridgehead atoms. The summed E-state index contributed by atoms with van der Waals surface area (Å²) in [7, 11) is 1.56. The highest BCUT2D eigenvalue weighted by Crippen LogP contribution is 2.42. The lowest BCUT2D eigenvalue weighted by Crippen LogP contribution is -2.17. The molecule has 2 amide bonds. The van der Waals surface area contributed by atoms with Gasteiger partial charge in [-0.1, -0.05) is 0 Å². The molecule has 0 atom stereocenters. The van der Waals surface area contributed by atoms with Gasteiger partial charge in [0.1, 0.15) is 32.7 Å². The first kappa shape index (κ1) is 24.9. The Bertz CT molecular complexity index is 1610. The summed E-state index contributed by atoms with van der Waals surface area (Å²) in [6.07, 6.45) is 0.0581. The van der Waals surface area contributed by atoms with Gasteiger partial charge in [-0.3, -0.25) is 9.59 Å². The van der Waals surface area contributed by atoms with Crippen LogP contribution in [0.25, 0.3) is 21.5 Å².